The van der Waals surface area contributed by atoms with Crippen LogP contribution >= 0.6 is 0 Å². The molecule has 2 heterocycles. The highest BCUT2D eigenvalue weighted by molar-refractivity contribution is 5.46. The molecule has 4 atom stereocenters. The molecule has 0 saturated carbocycles. The summed E-state index contributed by atoms with van der Waals surface area (Å²) >= 11 is 0. The van der Waals surface area contributed by atoms with Crippen LogP contribution in [0.5, 0.6) is 23.0 Å². The van der Waals surface area contributed by atoms with Gasteiger partial charge in [0.25, 0.3) is 0 Å². The molecule has 0 saturated heterocycles. The standard InChI is InChI=1S/C33H40O6/c1-19-12-25(34)27(36)16-29-23(19)14-21-8-11-33(6)22(18-31(3,4)9-7-10-32(21,5)38-29)15-24-20(2)13-26(35)28(37)17-30(24)39-33/h7,9,12-13,16-17,21-22H,8,10-11,14-15,18H2,1-6H3,(H,34,36)(H,35,37)/b9-7+/t21-,22+,32+,33-/m0/s1. The Labute approximate surface area is 230 Å². The Morgan fingerprint density at radius 2 is 1.28 bits per heavy atom. The number of rotatable bonds is 0. The number of aromatic hydroxyl groups is 2. The van der Waals surface area contributed by atoms with Gasteiger partial charge in [-0.3, -0.25) is 9.59 Å². The first kappa shape index (κ1) is 27.3. The molecule has 0 unspecified atom stereocenters. The lowest BCUT2D eigenvalue weighted by Gasteiger charge is -2.47. The lowest BCUT2D eigenvalue weighted by atomic mass is 9.69. The SMILES string of the molecule is Cc1cc(O)c(=O)cc2c1C[C@@H]1CC[C@]3(C)Oc4cc(=O)c(O)cc(C)c4C[C@@H]3CC(C)(C)/C=C/C[C@@]1(C)O2. The summed E-state index contributed by atoms with van der Waals surface area (Å²) in [5.74, 6) is 0.932. The number of aryl methyl sites for hydroxylation is 2. The Balaban J connectivity index is 1.59. The van der Waals surface area contributed by atoms with Gasteiger partial charge in [0.2, 0.25) is 10.9 Å². The van der Waals surface area contributed by atoms with Crippen LogP contribution in [0.3, 0.4) is 0 Å². The van der Waals surface area contributed by atoms with Crippen LogP contribution in [-0.2, 0) is 12.8 Å². The minimum Gasteiger partial charge on any atom is -0.504 e. The van der Waals surface area contributed by atoms with Crippen LogP contribution in [0.1, 0.15) is 75.6 Å². The van der Waals surface area contributed by atoms with Crippen LogP contribution in [0.2, 0.25) is 0 Å². The molecule has 5 rings (SSSR count). The fraction of sp³-hybridized carbons (Fsp3) is 0.515. The van der Waals surface area contributed by atoms with Crippen molar-refractivity contribution in [3.63, 3.8) is 0 Å². The van der Waals surface area contributed by atoms with E-state index in [1.54, 1.807) is 6.07 Å². The van der Waals surface area contributed by atoms with Gasteiger partial charge in [0.1, 0.15) is 22.7 Å². The van der Waals surface area contributed by atoms with Gasteiger partial charge in [0.15, 0.2) is 11.5 Å². The van der Waals surface area contributed by atoms with Crippen LogP contribution in [0, 0.1) is 31.1 Å². The summed E-state index contributed by atoms with van der Waals surface area (Å²) in [7, 11) is 0. The second-order valence-corrected chi connectivity index (χ2v) is 13.1. The first-order chi connectivity index (χ1) is 18.2. The molecule has 39 heavy (non-hydrogen) atoms. The number of hydrogen-bond donors (Lipinski definition) is 2. The van der Waals surface area contributed by atoms with E-state index in [0.29, 0.717) is 17.9 Å². The van der Waals surface area contributed by atoms with E-state index in [9.17, 15) is 19.8 Å². The highest BCUT2D eigenvalue weighted by Gasteiger charge is 2.47. The molecule has 2 aliphatic heterocycles. The maximum absolute atomic E-state index is 12.5. The summed E-state index contributed by atoms with van der Waals surface area (Å²) in [6, 6.07) is 5.96. The molecule has 1 aliphatic carbocycles. The van der Waals surface area contributed by atoms with Gasteiger partial charge in [-0.1, -0.05) is 26.0 Å². The molecule has 2 aromatic carbocycles. The van der Waals surface area contributed by atoms with E-state index in [-0.39, 0.29) is 28.7 Å². The highest BCUT2D eigenvalue weighted by Crippen LogP contribution is 2.49. The lowest BCUT2D eigenvalue weighted by Crippen LogP contribution is -2.49. The summed E-state index contributed by atoms with van der Waals surface area (Å²) in [6.45, 7) is 12.6. The van der Waals surface area contributed by atoms with E-state index in [1.807, 2.05) is 13.8 Å². The molecule has 2 N–H and O–H groups in total. The maximum Gasteiger partial charge on any atom is 0.223 e. The molecule has 0 amide bonds. The normalized spacial score (nSPS) is 30.1. The summed E-state index contributed by atoms with van der Waals surface area (Å²) in [5, 5.41) is 20.4. The zero-order valence-electron chi connectivity index (χ0n) is 23.9. The molecule has 2 aromatic rings. The van der Waals surface area contributed by atoms with Gasteiger partial charge in [-0.15, -0.1) is 0 Å². The van der Waals surface area contributed by atoms with Gasteiger partial charge in [-0.05, 0) is 99.6 Å². The van der Waals surface area contributed by atoms with Gasteiger partial charge >= 0.3 is 0 Å². The van der Waals surface area contributed by atoms with Crippen molar-refractivity contribution in [2.75, 3.05) is 0 Å². The molecule has 0 radical (unpaired) electrons. The van der Waals surface area contributed by atoms with Gasteiger partial charge in [0, 0.05) is 30.4 Å². The fourth-order valence-corrected chi connectivity index (χ4v) is 6.91. The first-order valence-corrected chi connectivity index (χ1v) is 14.0. The largest absolute Gasteiger partial charge is 0.504 e. The van der Waals surface area contributed by atoms with Crippen LogP contribution in [0.25, 0.3) is 0 Å². The third kappa shape index (κ3) is 5.06. The van der Waals surface area contributed by atoms with E-state index in [1.165, 1.54) is 18.2 Å². The number of fused-ring (bicyclic) bond motifs is 4. The van der Waals surface area contributed by atoms with E-state index >= 15 is 0 Å². The van der Waals surface area contributed by atoms with Crippen molar-refractivity contribution in [3.8, 4) is 23.0 Å². The molecule has 0 bridgehead atoms. The molecule has 6 nitrogen and oxygen atoms in total. The van der Waals surface area contributed by atoms with Crippen molar-refractivity contribution in [2.24, 2.45) is 17.3 Å². The second kappa shape index (κ2) is 9.42. The Morgan fingerprint density at radius 3 is 1.85 bits per heavy atom. The van der Waals surface area contributed by atoms with Crippen LogP contribution in [0.4, 0.5) is 0 Å². The quantitative estimate of drug-likeness (QED) is 0.410. The second-order valence-electron chi connectivity index (χ2n) is 13.1. The minimum atomic E-state index is -0.539. The lowest BCUT2D eigenvalue weighted by molar-refractivity contribution is -0.0357. The zero-order valence-corrected chi connectivity index (χ0v) is 23.9. The zero-order chi connectivity index (χ0) is 28.3. The van der Waals surface area contributed by atoms with Crippen molar-refractivity contribution in [1.29, 1.82) is 0 Å². The molecule has 6 heteroatoms. The van der Waals surface area contributed by atoms with E-state index < -0.39 is 22.1 Å². The van der Waals surface area contributed by atoms with E-state index in [2.05, 4.69) is 39.8 Å². The van der Waals surface area contributed by atoms with Crippen molar-refractivity contribution >= 4 is 0 Å². The molecule has 0 aromatic heterocycles. The average Bonchev–Trinajstić information content (AvgIpc) is 3.00. The molecule has 0 fully saturated rings. The first-order valence-electron chi connectivity index (χ1n) is 14.0. The fourth-order valence-electron chi connectivity index (χ4n) is 6.91. The van der Waals surface area contributed by atoms with Crippen molar-refractivity contribution in [1.82, 2.24) is 0 Å². The molecular formula is C33H40O6. The van der Waals surface area contributed by atoms with Crippen molar-refractivity contribution < 1.29 is 19.7 Å². The predicted octanol–water partition coefficient (Wildman–Crippen LogP) is 5.91. The van der Waals surface area contributed by atoms with Crippen molar-refractivity contribution in [2.45, 2.75) is 91.3 Å². The molecule has 3 aliphatic rings. The smallest absolute Gasteiger partial charge is 0.223 e. The van der Waals surface area contributed by atoms with Crippen molar-refractivity contribution in [3.05, 3.63) is 79.1 Å². The average molecular weight is 533 g/mol. The van der Waals surface area contributed by atoms with E-state index in [4.69, 9.17) is 9.47 Å². The molecule has 208 valence electrons. The van der Waals surface area contributed by atoms with Crippen LogP contribution < -0.4 is 20.3 Å². The van der Waals surface area contributed by atoms with Gasteiger partial charge in [-0.25, -0.2) is 0 Å². The third-order valence-electron chi connectivity index (χ3n) is 9.45. The van der Waals surface area contributed by atoms with Gasteiger partial charge in [-0.2, -0.15) is 0 Å². The maximum atomic E-state index is 12.5. The number of allylic oxidation sites excluding steroid dienone is 1. The third-order valence-corrected chi connectivity index (χ3v) is 9.45. The molecular weight excluding hydrogens is 492 g/mol. The topological polar surface area (TPSA) is 93.1 Å². The summed E-state index contributed by atoms with van der Waals surface area (Å²) in [6.07, 6.45) is 9.19. The van der Waals surface area contributed by atoms with E-state index in [0.717, 1.165) is 54.4 Å². The Hall–Kier alpha value is -3.28. The molecule has 0 spiro atoms. The van der Waals surface area contributed by atoms with Gasteiger partial charge in [0.05, 0.1) is 0 Å². The Bertz CT molecular complexity index is 1470. The Kier molecular flexibility index (Phi) is 6.60. The van der Waals surface area contributed by atoms with Gasteiger partial charge < -0.3 is 19.7 Å². The predicted molar refractivity (Wildman–Crippen MR) is 152 cm³/mol. The highest BCUT2D eigenvalue weighted by atomic mass is 16.5. The number of hydrogen-bond acceptors (Lipinski definition) is 6. The Morgan fingerprint density at radius 1 is 0.769 bits per heavy atom. The van der Waals surface area contributed by atoms with Crippen LogP contribution in [0.15, 0.2) is 46.0 Å². The minimum absolute atomic E-state index is 0.108. The summed E-state index contributed by atoms with van der Waals surface area (Å²) in [5.41, 5.74) is 1.61. The summed E-state index contributed by atoms with van der Waals surface area (Å²) in [4.78, 5) is 25.0. The number of ether oxygens (including phenoxy) is 2. The summed E-state index contributed by atoms with van der Waals surface area (Å²) < 4.78 is 13.4. The monoisotopic (exact) mass is 532 g/mol. The van der Waals surface area contributed by atoms with Crippen LogP contribution in [-0.4, -0.2) is 21.4 Å².